The first-order valence-electron chi connectivity index (χ1n) is 6.22. The Morgan fingerprint density at radius 2 is 2.19 bits per heavy atom. The lowest BCUT2D eigenvalue weighted by Gasteiger charge is -2.02. The average Bonchev–Trinajstić information content (AvgIpc) is 2.81. The number of hydrogen-bond donors (Lipinski definition) is 2. The van der Waals surface area contributed by atoms with E-state index in [0.29, 0.717) is 5.13 Å². The number of aromatic nitrogens is 1. The molecule has 0 aliphatic heterocycles. The van der Waals surface area contributed by atoms with Crippen LogP contribution in [0.3, 0.4) is 0 Å². The van der Waals surface area contributed by atoms with Crippen molar-refractivity contribution in [2.45, 2.75) is 13.3 Å². The number of nitrogens with one attached hydrogen (secondary N) is 2. The molecule has 1 amide bonds. The summed E-state index contributed by atoms with van der Waals surface area (Å²) < 4.78 is 0. The van der Waals surface area contributed by atoms with Gasteiger partial charge < -0.3 is 10.6 Å². The first-order valence-corrected chi connectivity index (χ1v) is 7.42. The first kappa shape index (κ1) is 17.9. The second-order valence-electron chi connectivity index (χ2n) is 4.47. The molecule has 1 aromatic heterocycles. The topological polar surface area (TPSA) is 54.0 Å². The van der Waals surface area contributed by atoms with Gasteiger partial charge in [0.15, 0.2) is 5.13 Å². The van der Waals surface area contributed by atoms with Crippen molar-refractivity contribution in [3.8, 4) is 0 Å². The number of nitrogens with zero attached hydrogens (tertiary/aromatic N) is 1. The Kier molecular flexibility index (Phi) is 7.11. The van der Waals surface area contributed by atoms with Gasteiger partial charge in [-0.2, -0.15) is 0 Å². The maximum atomic E-state index is 11.4. The van der Waals surface area contributed by atoms with Crippen LogP contribution in [-0.2, 0) is 11.2 Å². The summed E-state index contributed by atoms with van der Waals surface area (Å²) in [4.78, 5) is 16.7. The van der Waals surface area contributed by atoms with E-state index in [4.69, 9.17) is 11.6 Å². The molecular weight excluding hydrogens is 329 g/mol. The van der Waals surface area contributed by atoms with Gasteiger partial charge in [-0.3, -0.25) is 4.79 Å². The van der Waals surface area contributed by atoms with E-state index >= 15 is 0 Å². The van der Waals surface area contributed by atoms with Crippen molar-refractivity contribution in [1.82, 2.24) is 10.3 Å². The lowest BCUT2D eigenvalue weighted by Crippen LogP contribution is -2.24. The predicted octanol–water partition coefficient (Wildman–Crippen LogP) is 3.28. The molecule has 0 aliphatic carbocycles. The molecule has 0 aliphatic rings. The summed E-state index contributed by atoms with van der Waals surface area (Å²) in [5.41, 5.74) is 2.21. The highest BCUT2D eigenvalue weighted by atomic mass is 35.5. The molecule has 4 nitrogen and oxygen atoms in total. The lowest BCUT2D eigenvalue weighted by molar-refractivity contribution is -0.115. The van der Waals surface area contributed by atoms with Crippen LogP contribution in [0.2, 0.25) is 5.02 Å². The third-order valence-electron chi connectivity index (χ3n) is 2.75. The van der Waals surface area contributed by atoms with Gasteiger partial charge in [0.2, 0.25) is 5.91 Å². The summed E-state index contributed by atoms with van der Waals surface area (Å²) in [6, 6.07) is 6.03. The van der Waals surface area contributed by atoms with Crippen LogP contribution in [0.5, 0.6) is 0 Å². The number of rotatable bonds is 5. The van der Waals surface area contributed by atoms with Crippen molar-refractivity contribution in [2.24, 2.45) is 0 Å². The molecule has 114 valence electrons. The highest BCUT2D eigenvalue weighted by molar-refractivity contribution is 7.15. The molecule has 0 saturated heterocycles. The molecule has 0 spiro atoms. The molecule has 0 atom stereocenters. The van der Waals surface area contributed by atoms with Crippen LogP contribution in [0.4, 0.5) is 5.13 Å². The molecule has 2 aromatic rings. The Morgan fingerprint density at radius 3 is 2.86 bits per heavy atom. The number of halogens is 2. The van der Waals surface area contributed by atoms with E-state index in [1.165, 1.54) is 11.3 Å². The molecule has 2 rings (SSSR count). The minimum atomic E-state index is -0.0909. The standard InChI is InChI=1S/C14H16ClN3OS.ClH/c1-9-3-4-10(6-12(9)15)5-11-7-17-14(20-11)18-13(19)8-16-2;/h3-4,6-7,16H,5,8H2,1-2H3,(H,17,18,19);1H. The molecule has 1 aromatic carbocycles. The van der Waals surface area contributed by atoms with Crippen molar-refractivity contribution in [3.63, 3.8) is 0 Å². The van der Waals surface area contributed by atoms with Crippen LogP contribution in [0.15, 0.2) is 24.4 Å². The summed E-state index contributed by atoms with van der Waals surface area (Å²) in [5, 5.41) is 6.94. The van der Waals surface area contributed by atoms with Crippen molar-refractivity contribution in [1.29, 1.82) is 0 Å². The van der Waals surface area contributed by atoms with Gasteiger partial charge in [-0.25, -0.2) is 4.98 Å². The summed E-state index contributed by atoms with van der Waals surface area (Å²) >= 11 is 7.59. The highest BCUT2D eigenvalue weighted by Crippen LogP contribution is 2.23. The van der Waals surface area contributed by atoms with E-state index in [0.717, 1.165) is 27.4 Å². The Bertz CT molecular complexity index is 616. The fourth-order valence-corrected chi connectivity index (χ4v) is 2.78. The van der Waals surface area contributed by atoms with Crippen LogP contribution in [0.1, 0.15) is 16.0 Å². The van der Waals surface area contributed by atoms with Crippen molar-refractivity contribution >= 4 is 46.4 Å². The molecule has 0 bridgehead atoms. The predicted molar refractivity (Wildman–Crippen MR) is 90.9 cm³/mol. The Morgan fingerprint density at radius 1 is 1.43 bits per heavy atom. The van der Waals surface area contributed by atoms with Gasteiger partial charge in [0, 0.05) is 22.5 Å². The molecule has 21 heavy (non-hydrogen) atoms. The molecule has 2 N–H and O–H groups in total. The quantitative estimate of drug-likeness (QED) is 0.874. The van der Waals surface area contributed by atoms with Crippen LogP contribution in [-0.4, -0.2) is 24.5 Å². The highest BCUT2D eigenvalue weighted by Gasteiger charge is 2.07. The molecule has 0 saturated carbocycles. The lowest BCUT2D eigenvalue weighted by atomic mass is 10.1. The molecule has 1 heterocycles. The van der Waals surface area contributed by atoms with Crippen molar-refractivity contribution in [3.05, 3.63) is 45.4 Å². The van der Waals surface area contributed by atoms with Crippen LogP contribution < -0.4 is 10.6 Å². The monoisotopic (exact) mass is 345 g/mol. The average molecular weight is 346 g/mol. The fourth-order valence-electron chi connectivity index (χ4n) is 1.72. The van der Waals surface area contributed by atoms with E-state index < -0.39 is 0 Å². The second kappa shape index (κ2) is 8.34. The molecular formula is C14H17Cl2N3OS. The van der Waals surface area contributed by atoms with Crippen LogP contribution in [0.25, 0.3) is 0 Å². The number of amides is 1. The first-order chi connectivity index (χ1) is 9.58. The van der Waals surface area contributed by atoms with Crippen molar-refractivity contribution in [2.75, 3.05) is 18.9 Å². The van der Waals surface area contributed by atoms with E-state index in [1.807, 2.05) is 19.1 Å². The van der Waals surface area contributed by atoms with E-state index in [9.17, 15) is 4.79 Å². The summed E-state index contributed by atoms with van der Waals surface area (Å²) in [7, 11) is 1.73. The summed E-state index contributed by atoms with van der Waals surface area (Å²) in [6.07, 6.45) is 2.55. The van der Waals surface area contributed by atoms with Gasteiger partial charge in [-0.15, -0.1) is 23.7 Å². The summed E-state index contributed by atoms with van der Waals surface area (Å²) in [5.74, 6) is -0.0909. The zero-order chi connectivity index (χ0) is 14.5. The second-order valence-corrected chi connectivity index (χ2v) is 5.99. The van der Waals surface area contributed by atoms with Gasteiger partial charge >= 0.3 is 0 Å². The van der Waals surface area contributed by atoms with Gasteiger partial charge in [0.25, 0.3) is 0 Å². The molecule has 0 fully saturated rings. The van der Waals surface area contributed by atoms with Gasteiger partial charge in [0.1, 0.15) is 0 Å². The van der Waals surface area contributed by atoms with E-state index in [2.05, 4.69) is 21.7 Å². The van der Waals surface area contributed by atoms with Gasteiger partial charge in [-0.05, 0) is 31.2 Å². The Labute approximate surface area is 139 Å². The van der Waals surface area contributed by atoms with Gasteiger partial charge in [0.05, 0.1) is 6.54 Å². The third kappa shape index (κ3) is 5.28. The number of likely N-dealkylation sites (N-methyl/N-ethyl adjacent to an activating group) is 1. The minimum Gasteiger partial charge on any atom is -0.311 e. The molecule has 0 unspecified atom stereocenters. The number of hydrogen-bond acceptors (Lipinski definition) is 4. The van der Waals surface area contributed by atoms with E-state index in [-0.39, 0.29) is 24.9 Å². The van der Waals surface area contributed by atoms with Crippen LogP contribution in [0, 0.1) is 6.92 Å². The normalized spacial score (nSPS) is 10.0. The van der Waals surface area contributed by atoms with E-state index in [1.54, 1.807) is 13.2 Å². The Hall–Kier alpha value is -1.14. The number of benzene rings is 1. The maximum absolute atomic E-state index is 11.4. The molecule has 7 heteroatoms. The smallest absolute Gasteiger partial charge is 0.240 e. The zero-order valence-electron chi connectivity index (χ0n) is 11.8. The van der Waals surface area contributed by atoms with Crippen molar-refractivity contribution < 1.29 is 4.79 Å². The maximum Gasteiger partial charge on any atom is 0.240 e. The number of aryl methyl sites for hydroxylation is 1. The minimum absolute atomic E-state index is 0. The number of carbonyl (C=O) groups excluding carboxylic acids is 1. The molecule has 0 radical (unpaired) electrons. The SMILES string of the molecule is CNCC(=O)Nc1ncc(Cc2ccc(C)c(Cl)c2)s1.Cl. The Balaban J connectivity index is 0.00000220. The van der Waals surface area contributed by atoms with Crippen LogP contribution >= 0.6 is 35.3 Å². The third-order valence-corrected chi connectivity index (χ3v) is 4.07. The summed E-state index contributed by atoms with van der Waals surface area (Å²) in [6.45, 7) is 2.26. The number of anilines is 1. The zero-order valence-corrected chi connectivity index (χ0v) is 14.2. The largest absolute Gasteiger partial charge is 0.311 e. The number of carbonyl (C=O) groups is 1. The fraction of sp³-hybridized carbons (Fsp3) is 0.286. The van der Waals surface area contributed by atoms with Gasteiger partial charge in [-0.1, -0.05) is 23.7 Å². The number of thiazole rings is 1.